The second kappa shape index (κ2) is 8.00. The van der Waals surface area contributed by atoms with E-state index in [0.29, 0.717) is 23.2 Å². The van der Waals surface area contributed by atoms with Gasteiger partial charge in [0.25, 0.3) is 0 Å². The Bertz CT molecular complexity index is 1140. The first-order chi connectivity index (χ1) is 15.3. The summed E-state index contributed by atoms with van der Waals surface area (Å²) >= 11 is 4.64. The molecule has 0 spiro atoms. The maximum absolute atomic E-state index is 13.2. The van der Waals surface area contributed by atoms with E-state index in [1.54, 1.807) is 4.90 Å². The lowest BCUT2D eigenvalue weighted by molar-refractivity contribution is -0.137. The van der Waals surface area contributed by atoms with Crippen molar-refractivity contribution in [2.24, 2.45) is 11.8 Å². The van der Waals surface area contributed by atoms with E-state index in [1.165, 1.54) is 23.6 Å². The summed E-state index contributed by atoms with van der Waals surface area (Å²) in [6.45, 7) is 0.838. The van der Waals surface area contributed by atoms with E-state index in [2.05, 4.69) is 41.7 Å². The minimum atomic E-state index is -4.45. The number of carbonyl (C=O) groups excluding carboxylic acids is 1. The van der Waals surface area contributed by atoms with Gasteiger partial charge in [0.1, 0.15) is 10.8 Å². The molecule has 166 valence electrons. The third-order valence-corrected chi connectivity index (χ3v) is 7.04. The Morgan fingerprint density at radius 1 is 1.12 bits per heavy atom. The van der Waals surface area contributed by atoms with E-state index >= 15 is 0 Å². The summed E-state index contributed by atoms with van der Waals surface area (Å²) in [5, 5.41) is 14.7. The summed E-state index contributed by atoms with van der Waals surface area (Å²) < 4.78 is 40.7. The number of hydrogen-bond donors (Lipinski definition) is 2. The molecule has 2 aliphatic rings. The molecule has 1 aliphatic heterocycles. The van der Waals surface area contributed by atoms with Gasteiger partial charge in [-0.15, -0.1) is 10.2 Å². The number of pyridine rings is 1. The van der Waals surface area contributed by atoms with Crippen LogP contribution in [-0.2, 0) is 6.18 Å². The highest BCUT2D eigenvalue weighted by Crippen LogP contribution is 2.48. The first kappa shape index (κ1) is 21.1. The molecule has 12 heteroatoms. The van der Waals surface area contributed by atoms with Gasteiger partial charge in [-0.05, 0) is 24.3 Å². The fourth-order valence-corrected chi connectivity index (χ4v) is 5.06. The number of rotatable bonds is 4. The maximum atomic E-state index is 13.2. The number of anilines is 2. The molecule has 1 aromatic carbocycles. The van der Waals surface area contributed by atoms with Gasteiger partial charge in [-0.3, -0.25) is 5.32 Å². The van der Waals surface area contributed by atoms with Gasteiger partial charge in [0.05, 0.1) is 5.56 Å². The Labute approximate surface area is 193 Å². The molecule has 0 radical (unpaired) electrons. The number of alkyl halides is 3. The highest BCUT2D eigenvalue weighted by Gasteiger charge is 2.57. The number of amides is 2. The molecule has 0 bridgehead atoms. The molecule has 2 aromatic heterocycles. The van der Waals surface area contributed by atoms with Crippen LogP contribution in [0, 0.1) is 11.8 Å². The quantitative estimate of drug-likeness (QED) is 0.519. The van der Waals surface area contributed by atoms with Gasteiger partial charge in [-0.25, -0.2) is 9.78 Å². The van der Waals surface area contributed by atoms with Crippen LogP contribution in [0.2, 0.25) is 0 Å². The summed E-state index contributed by atoms with van der Waals surface area (Å²) in [5.41, 5.74) is 0.158. The predicted molar refractivity (Wildman–Crippen MR) is 117 cm³/mol. The third-order valence-electron chi connectivity index (χ3n) is 5.62. The van der Waals surface area contributed by atoms with Crippen LogP contribution in [0.1, 0.15) is 5.56 Å². The summed E-state index contributed by atoms with van der Waals surface area (Å²) in [6.07, 6.45) is -3.09. The third kappa shape index (κ3) is 4.16. The van der Waals surface area contributed by atoms with E-state index in [1.807, 2.05) is 24.3 Å². The molecule has 2 amide bonds. The molecular formula is C20H16BrF3N6OS. The summed E-state index contributed by atoms with van der Waals surface area (Å²) in [4.78, 5) is 17.9. The molecule has 1 aliphatic carbocycles. The molecule has 2 N–H and O–H groups in total. The number of piperidine rings is 1. The van der Waals surface area contributed by atoms with Crippen LogP contribution in [0.25, 0.3) is 10.6 Å². The van der Waals surface area contributed by atoms with Crippen molar-refractivity contribution in [1.29, 1.82) is 0 Å². The summed E-state index contributed by atoms with van der Waals surface area (Å²) in [7, 11) is 0. The van der Waals surface area contributed by atoms with Crippen molar-refractivity contribution in [3.8, 4) is 10.6 Å². The van der Waals surface area contributed by atoms with Crippen molar-refractivity contribution >= 4 is 44.2 Å². The topological polar surface area (TPSA) is 83.0 Å². The Kier molecular flexibility index (Phi) is 5.28. The normalized spacial score (nSPS) is 21.9. The van der Waals surface area contributed by atoms with Gasteiger partial charge in [-0.1, -0.05) is 39.4 Å². The molecule has 7 nitrogen and oxygen atoms in total. The lowest BCUT2D eigenvalue weighted by Gasteiger charge is -2.24. The number of benzene rings is 1. The SMILES string of the molecule is O=C(Nc1nnc(-c2ccc(Br)cc2)s1)NC1C2CN(c3ncccc3C(F)(F)F)C[C@@H]21. The van der Waals surface area contributed by atoms with E-state index in [4.69, 9.17) is 0 Å². The zero-order valence-corrected chi connectivity index (χ0v) is 18.7. The Hall–Kier alpha value is -2.73. The van der Waals surface area contributed by atoms with Gasteiger partial charge in [0.2, 0.25) is 5.13 Å². The fourth-order valence-electron chi connectivity index (χ4n) is 4.05. The van der Waals surface area contributed by atoms with Crippen LogP contribution in [-0.4, -0.2) is 40.3 Å². The second-order valence-corrected chi connectivity index (χ2v) is 9.54. The highest BCUT2D eigenvalue weighted by atomic mass is 79.9. The Morgan fingerprint density at radius 2 is 1.84 bits per heavy atom. The molecule has 3 heterocycles. The number of carbonyl (C=O) groups is 1. The van der Waals surface area contributed by atoms with Crippen LogP contribution in [0.4, 0.5) is 28.9 Å². The first-order valence-electron chi connectivity index (χ1n) is 9.74. The monoisotopic (exact) mass is 524 g/mol. The molecule has 5 rings (SSSR count). The van der Waals surface area contributed by atoms with Crippen molar-refractivity contribution in [3.63, 3.8) is 0 Å². The lowest BCUT2D eigenvalue weighted by atomic mass is 10.2. The smallest absolute Gasteiger partial charge is 0.355 e. The van der Waals surface area contributed by atoms with Crippen molar-refractivity contribution in [2.45, 2.75) is 12.2 Å². The number of fused-ring (bicyclic) bond motifs is 1. The van der Waals surface area contributed by atoms with E-state index < -0.39 is 17.8 Å². The lowest BCUT2D eigenvalue weighted by Crippen LogP contribution is -2.37. The Morgan fingerprint density at radius 3 is 2.53 bits per heavy atom. The summed E-state index contributed by atoms with van der Waals surface area (Å²) in [6, 6.07) is 9.44. The number of hydrogen-bond acceptors (Lipinski definition) is 6. The Balaban J connectivity index is 1.16. The molecule has 2 fully saturated rings. The molecule has 32 heavy (non-hydrogen) atoms. The van der Waals surface area contributed by atoms with Crippen LogP contribution < -0.4 is 15.5 Å². The van der Waals surface area contributed by atoms with Crippen LogP contribution in [0.5, 0.6) is 0 Å². The van der Waals surface area contributed by atoms with Crippen molar-refractivity contribution in [2.75, 3.05) is 23.3 Å². The zero-order valence-electron chi connectivity index (χ0n) is 16.3. The average Bonchev–Trinajstić information content (AvgIpc) is 3.13. The maximum Gasteiger partial charge on any atom is 0.419 e. The molecule has 1 saturated heterocycles. The minimum Gasteiger partial charge on any atom is -0.355 e. The number of urea groups is 1. The standard InChI is InChI=1S/C20H16BrF3N6OS/c21-11-5-3-10(4-6-11)17-28-29-19(32-17)27-18(31)26-15-12-8-30(9-13(12)15)16-14(20(22,23)24)2-1-7-25-16/h1-7,12-13,15H,8-9H2,(H2,26,27,29,31)/t12-,13?,15?/m0/s1. The highest BCUT2D eigenvalue weighted by molar-refractivity contribution is 9.10. The van der Waals surface area contributed by atoms with E-state index in [0.717, 1.165) is 16.1 Å². The molecule has 2 unspecified atom stereocenters. The molecule has 1 saturated carbocycles. The number of nitrogens with zero attached hydrogens (tertiary/aromatic N) is 4. The molecule has 3 aromatic rings. The fraction of sp³-hybridized carbons (Fsp3) is 0.300. The van der Waals surface area contributed by atoms with E-state index in [9.17, 15) is 18.0 Å². The number of halogens is 4. The number of aromatic nitrogens is 3. The van der Waals surface area contributed by atoms with Gasteiger partial charge in [-0.2, -0.15) is 13.2 Å². The minimum absolute atomic E-state index is 0.0512. The molecular weight excluding hydrogens is 509 g/mol. The molecule has 3 atom stereocenters. The van der Waals surface area contributed by atoms with Crippen molar-refractivity contribution < 1.29 is 18.0 Å². The van der Waals surface area contributed by atoms with Gasteiger partial charge < -0.3 is 10.2 Å². The second-order valence-electron chi connectivity index (χ2n) is 7.65. The van der Waals surface area contributed by atoms with Crippen molar-refractivity contribution in [3.05, 3.63) is 52.6 Å². The van der Waals surface area contributed by atoms with E-state index in [-0.39, 0.29) is 23.7 Å². The first-order valence-corrected chi connectivity index (χ1v) is 11.3. The van der Waals surface area contributed by atoms with Crippen LogP contribution in [0.3, 0.4) is 0 Å². The van der Waals surface area contributed by atoms with Crippen molar-refractivity contribution in [1.82, 2.24) is 20.5 Å². The van der Waals surface area contributed by atoms with Gasteiger partial charge in [0.15, 0.2) is 0 Å². The van der Waals surface area contributed by atoms with Crippen LogP contribution in [0.15, 0.2) is 47.1 Å². The average molecular weight is 525 g/mol. The predicted octanol–water partition coefficient (Wildman–Crippen LogP) is 4.64. The van der Waals surface area contributed by atoms with Gasteiger partial charge >= 0.3 is 12.2 Å². The van der Waals surface area contributed by atoms with Crippen LogP contribution >= 0.6 is 27.3 Å². The number of nitrogens with one attached hydrogen (secondary N) is 2. The largest absolute Gasteiger partial charge is 0.419 e. The van der Waals surface area contributed by atoms with Gasteiger partial charge in [0, 0.05) is 47.2 Å². The zero-order chi connectivity index (χ0) is 22.5. The summed E-state index contributed by atoms with van der Waals surface area (Å²) in [5.74, 6) is 0.137.